The number of carbonyl (C=O) groups excluding carboxylic acids is 3. The molecule has 1 N–H and O–H groups in total. The van der Waals surface area contributed by atoms with E-state index < -0.39 is 22.8 Å². The fraction of sp³-hybridized carbons (Fsp3) is 0.150. The van der Waals surface area contributed by atoms with Gasteiger partial charge in [-0.2, -0.15) is 0 Å². The van der Waals surface area contributed by atoms with Gasteiger partial charge in [0.2, 0.25) is 5.76 Å². The van der Waals surface area contributed by atoms with Crippen molar-refractivity contribution in [2.24, 2.45) is 0 Å². The van der Waals surface area contributed by atoms with Crippen LogP contribution in [0.25, 0.3) is 6.08 Å². The average Bonchev–Trinajstić information content (AvgIpc) is 3.32. The first-order chi connectivity index (χ1) is 14.8. The van der Waals surface area contributed by atoms with Crippen molar-refractivity contribution in [3.8, 4) is 5.75 Å². The van der Waals surface area contributed by atoms with Gasteiger partial charge in [-0.3, -0.25) is 19.8 Å². The van der Waals surface area contributed by atoms with Gasteiger partial charge in [-0.1, -0.05) is 18.7 Å². The Balaban J connectivity index is 1.80. The Bertz CT molecular complexity index is 1100. The molecule has 11 nitrogen and oxygen atoms in total. The molecule has 1 aliphatic heterocycles. The van der Waals surface area contributed by atoms with E-state index in [0.717, 1.165) is 4.90 Å². The molecule has 160 valence electrons. The van der Waals surface area contributed by atoms with Gasteiger partial charge >= 0.3 is 17.7 Å². The predicted molar refractivity (Wildman–Crippen MR) is 106 cm³/mol. The number of rotatable bonds is 8. The van der Waals surface area contributed by atoms with E-state index >= 15 is 0 Å². The van der Waals surface area contributed by atoms with Crippen LogP contribution in [0.4, 0.5) is 10.5 Å². The lowest BCUT2D eigenvalue weighted by Crippen LogP contribution is -2.30. The maximum absolute atomic E-state index is 12.6. The van der Waals surface area contributed by atoms with Crippen molar-refractivity contribution >= 4 is 29.7 Å². The van der Waals surface area contributed by atoms with Gasteiger partial charge in [-0.05, 0) is 29.8 Å². The Morgan fingerprint density at radius 3 is 2.77 bits per heavy atom. The molecule has 1 aliphatic rings. The van der Waals surface area contributed by atoms with Crippen molar-refractivity contribution in [2.75, 3.05) is 13.7 Å². The number of carbonyl (C=O) groups is 3. The number of nitro benzene ring substituents is 1. The van der Waals surface area contributed by atoms with Gasteiger partial charge in [0.15, 0.2) is 5.75 Å². The van der Waals surface area contributed by atoms with Gasteiger partial charge in [-0.15, -0.1) is 0 Å². The van der Waals surface area contributed by atoms with Crippen LogP contribution in [0, 0.1) is 10.1 Å². The lowest BCUT2D eigenvalue weighted by molar-refractivity contribution is -0.385. The molecule has 0 unspecified atom stereocenters. The van der Waals surface area contributed by atoms with E-state index in [2.05, 4.69) is 16.6 Å². The number of amides is 3. The first-order valence-electron chi connectivity index (χ1n) is 8.87. The van der Waals surface area contributed by atoms with Gasteiger partial charge < -0.3 is 19.2 Å². The molecule has 3 amide bonds. The molecule has 1 saturated heterocycles. The molecular formula is C20H17N3O8. The highest BCUT2D eigenvalue weighted by atomic mass is 16.6. The highest BCUT2D eigenvalue weighted by Crippen LogP contribution is 2.29. The van der Waals surface area contributed by atoms with Crippen LogP contribution in [0.5, 0.6) is 5.75 Å². The van der Waals surface area contributed by atoms with Gasteiger partial charge in [0, 0.05) is 6.07 Å². The fourth-order valence-corrected chi connectivity index (χ4v) is 2.75. The molecule has 2 aromatic rings. The summed E-state index contributed by atoms with van der Waals surface area (Å²) < 4.78 is 15.1. The second-order valence-electron chi connectivity index (χ2n) is 6.22. The summed E-state index contributed by atoms with van der Waals surface area (Å²) in [7, 11) is 1.20. The lowest BCUT2D eigenvalue weighted by Gasteiger charge is -2.09. The summed E-state index contributed by atoms with van der Waals surface area (Å²) in [5, 5.41) is 13.7. The minimum absolute atomic E-state index is 0.0506. The topological polar surface area (TPSA) is 141 Å². The summed E-state index contributed by atoms with van der Waals surface area (Å²) in [6.07, 6.45) is 2.76. The molecule has 1 aromatic heterocycles. The van der Waals surface area contributed by atoms with E-state index in [1.807, 2.05) is 0 Å². The number of ether oxygens (including phenoxy) is 2. The number of hydrogen-bond donors (Lipinski definition) is 1. The quantitative estimate of drug-likeness (QED) is 0.169. The Kier molecular flexibility index (Phi) is 6.15. The normalized spacial score (nSPS) is 14.5. The highest BCUT2D eigenvalue weighted by molar-refractivity contribution is 6.13. The van der Waals surface area contributed by atoms with E-state index in [4.69, 9.17) is 9.15 Å². The zero-order chi connectivity index (χ0) is 22.5. The zero-order valence-corrected chi connectivity index (χ0v) is 16.3. The Hall–Kier alpha value is -4.41. The monoisotopic (exact) mass is 427 g/mol. The van der Waals surface area contributed by atoms with Crippen LogP contribution in [0.15, 0.2) is 53.1 Å². The number of esters is 1. The van der Waals surface area contributed by atoms with E-state index in [0.29, 0.717) is 5.56 Å². The molecule has 0 atom stereocenters. The molecule has 0 radical (unpaired) electrons. The minimum Gasteiger partial charge on any atom is -0.483 e. The molecule has 2 heterocycles. The smallest absolute Gasteiger partial charge is 0.373 e. The van der Waals surface area contributed by atoms with Crippen molar-refractivity contribution in [2.45, 2.75) is 6.54 Å². The number of nitrogens with one attached hydrogen (secondary N) is 1. The van der Waals surface area contributed by atoms with Gasteiger partial charge in [0.25, 0.3) is 5.91 Å². The Labute approximate surface area is 175 Å². The van der Waals surface area contributed by atoms with Crippen molar-refractivity contribution in [1.29, 1.82) is 0 Å². The second kappa shape index (κ2) is 8.95. The molecule has 0 aliphatic carbocycles. The summed E-state index contributed by atoms with van der Waals surface area (Å²) in [5.41, 5.74) is -0.0521. The maximum atomic E-state index is 12.6. The van der Waals surface area contributed by atoms with E-state index in [9.17, 15) is 24.5 Å². The largest absolute Gasteiger partial charge is 0.483 e. The molecule has 11 heteroatoms. The summed E-state index contributed by atoms with van der Waals surface area (Å²) >= 11 is 0. The third kappa shape index (κ3) is 4.61. The third-order valence-electron chi connectivity index (χ3n) is 4.17. The Morgan fingerprint density at radius 2 is 2.10 bits per heavy atom. The van der Waals surface area contributed by atoms with Gasteiger partial charge in [-0.25, -0.2) is 9.59 Å². The van der Waals surface area contributed by atoms with E-state index in [1.54, 1.807) is 0 Å². The number of nitrogens with zero attached hydrogens (tertiary/aromatic N) is 2. The van der Waals surface area contributed by atoms with E-state index in [-0.39, 0.29) is 41.8 Å². The van der Waals surface area contributed by atoms with Crippen molar-refractivity contribution < 1.29 is 33.2 Å². The summed E-state index contributed by atoms with van der Waals surface area (Å²) in [4.78, 5) is 47.9. The van der Waals surface area contributed by atoms with Gasteiger partial charge in [0.1, 0.15) is 18.1 Å². The summed E-state index contributed by atoms with van der Waals surface area (Å²) in [6.45, 7) is 3.36. The summed E-state index contributed by atoms with van der Waals surface area (Å²) in [5.74, 6) is -1.16. The van der Waals surface area contributed by atoms with Crippen LogP contribution < -0.4 is 10.1 Å². The van der Waals surface area contributed by atoms with Crippen molar-refractivity contribution in [1.82, 2.24) is 10.2 Å². The molecule has 1 aromatic carbocycles. The van der Waals surface area contributed by atoms with Crippen LogP contribution in [0.2, 0.25) is 0 Å². The molecule has 1 fully saturated rings. The van der Waals surface area contributed by atoms with Crippen molar-refractivity contribution in [3.05, 3.63) is 75.9 Å². The average molecular weight is 427 g/mol. The van der Waals surface area contributed by atoms with Crippen LogP contribution in [0.3, 0.4) is 0 Å². The number of furan rings is 1. The number of imide groups is 1. The van der Waals surface area contributed by atoms with Crippen LogP contribution >= 0.6 is 0 Å². The maximum Gasteiger partial charge on any atom is 0.373 e. The Morgan fingerprint density at radius 1 is 1.32 bits per heavy atom. The molecule has 31 heavy (non-hydrogen) atoms. The minimum atomic E-state index is -0.701. The van der Waals surface area contributed by atoms with Gasteiger partial charge in [0.05, 0.1) is 18.6 Å². The molecule has 0 saturated carbocycles. The summed E-state index contributed by atoms with van der Waals surface area (Å²) in [6, 6.07) is 6.24. The molecule has 0 bridgehead atoms. The third-order valence-corrected chi connectivity index (χ3v) is 4.17. The fourth-order valence-electron chi connectivity index (χ4n) is 2.75. The molecule has 0 spiro atoms. The van der Waals surface area contributed by atoms with Crippen LogP contribution in [-0.4, -0.2) is 41.4 Å². The number of methoxy groups -OCH3 is 1. The van der Waals surface area contributed by atoms with E-state index in [1.165, 1.54) is 49.6 Å². The zero-order valence-electron chi connectivity index (χ0n) is 16.3. The van der Waals surface area contributed by atoms with Crippen LogP contribution in [0.1, 0.15) is 21.9 Å². The second-order valence-corrected chi connectivity index (χ2v) is 6.22. The predicted octanol–water partition coefficient (Wildman–Crippen LogP) is 2.63. The standard InChI is InChI=1S/C20H17N3O8/c1-3-8-30-16-6-4-12(10-15(16)23(27)28)9-14-18(24)22(20(26)21-14)11-13-5-7-17(31-13)19(25)29-2/h3-7,9-10H,1,8,11H2,2H3,(H,21,26)/b14-9-. The SMILES string of the molecule is C=CCOc1ccc(/C=C2\NC(=O)N(Cc3ccc(C(=O)OC)o3)C2=O)cc1[N+](=O)[O-]. The first kappa shape index (κ1) is 21.3. The molecular weight excluding hydrogens is 410 g/mol. The van der Waals surface area contributed by atoms with Crippen molar-refractivity contribution in [3.63, 3.8) is 0 Å². The lowest BCUT2D eigenvalue weighted by atomic mass is 10.1. The number of hydrogen-bond acceptors (Lipinski definition) is 8. The van der Waals surface area contributed by atoms with Crippen LogP contribution in [-0.2, 0) is 16.1 Å². The number of urea groups is 1. The first-order valence-corrected chi connectivity index (χ1v) is 8.87. The highest BCUT2D eigenvalue weighted by Gasteiger charge is 2.34. The number of nitro groups is 1. The number of benzene rings is 1. The molecule has 3 rings (SSSR count).